The number of benzene rings is 1. The van der Waals surface area contributed by atoms with E-state index in [-0.39, 0.29) is 5.97 Å². The van der Waals surface area contributed by atoms with Crippen LogP contribution in [0.5, 0.6) is 0 Å². The zero-order chi connectivity index (χ0) is 14.6. The van der Waals surface area contributed by atoms with E-state index in [1.165, 1.54) is 0 Å². The summed E-state index contributed by atoms with van der Waals surface area (Å²) >= 11 is 0. The molecule has 0 saturated heterocycles. The molecule has 0 radical (unpaired) electrons. The van der Waals surface area contributed by atoms with Crippen molar-refractivity contribution in [1.82, 2.24) is 0 Å². The van der Waals surface area contributed by atoms with Gasteiger partial charge in [0.05, 0.1) is 0 Å². The van der Waals surface area contributed by atoms with Crippen molar-refractivity contribution in [3.8, 4) is 0 Å². The molecule has 1 aromatic heterocycles. The number of carbonyl (C=O) groups is 1. The lowest BCUT2D eigenvalue weighted by molar-refractivity contribution is -0.690. The van der Waals surface area contributed by atoms with Gasteiger partial charge in [-0.1, -0.05) is 30.3 Å². The number of nitrogens with zero attached hydrogens (tertiary/aromatic N) is 1. The van der Waals surface area contributed by atoms with E-state index in [9.17, 15) is 4.79 Å². The van der Waals surface area contributed by atoms with Crippen molar-refractivity contribution in [2.45, 2.75) is 32.9 Å². The van der Waals surface area contributed by atoms with Gasteiger partial charge in [0.1, 0.15) is 5.60 Å². The highest BCUT2D eigenvalue weighted by molar-refractivity contribution is 5.85. The van der Waals surface area contributed by atoms with Gasteiger partial charge in [0.2, 0.25) is 0 Å². The van der Waals surface area contributed by atoms with E-state index in [2.05, 4.69) is 0 Å². The highest BCUT2D eigenvalue weighted by atomic mass is 16.6. The Balaban J connectivity index is 2.25. The molecule has 0 unspecified atom stereocenters. The lowest BCUT2D eigenvalue weighted by atomic mass is 10.2. The Morgan fingerprint density at radius 3 is 2.35 bits per heavy atom. The van der Waals surface area contributed by atoms with Crippen LogP contribution in [0, 0.1) is 0 Å². The molecule has 1 heterocycles. The van der Waals surface area contributed by atoms with Crippen molar-refractivity contribution in [1.29, 1.82) is 0 Å². The number of pyridine rings is 1. The van der Waals surface area contributed by atoms with Crippen LogP contribution in [0.4, 0.5) is 0 Å². The zero-order valence-electron chi connectivity index (χ0n) is 12.2. The van der Waals surface area contributed by atoms with Gasteiger partial charge >= 0.3 is 5.97 Å². The minimum Gasteiger partial charge on any atom is -0.452 e. The van der Waals surface area contributed by atoms with E-state index >= 15 is 0 Å². The maximum absolute atomic E-state index is 12.2. The summed E-state index contributed by atoms with van der Waals surface area (Å²) in [5.74, 6) is -0.297. The van der Waals surface area contributed by atoms with Gasteiger partial charge in [-0.15, -0.1) is 0 Å². The summed E-state index contributed by atoms with van der Waals surface area (Å²) in [7, 11) is 0. The second kappa shape index (κ2) is 5.87. The second-order valence-corrected chi connectivity index (χ2v) is 5.70. The molecule has 0 N–H and O–H groups in total. The molecule has 2 aromatic rings. The van der Waals surface area contributed by atoms with Crippen LogP contribution in [0.1, 0.15) is 36.8 Å². The predicted molar refractivity (Wildman–Crippen MR) is 77.3 cm³/mol. The Morgan fingerprint density at radius 2 is 1.70 bits per heavy atom. The molecule has 0 aliphatic rings. The Hall–Kier alpha value is -2.16. The molecule has 0 aliphatic carbocycles. The molecule has 0 saturated carbocycles. The van der Waals surface area contributed by atoms with Crippen molar-refractivity contribution in [2.24, 2.45) is 0 Å². The van der Waals surface area contributed by atoms with Crippen molar-refractivity contribution in [2.75, 3.05) is 0 Å². The SMILES string of the molecule is CC(C)(C)OC(=O)c1cccc[n+]1Cc1ccccc1. The van der Waals surface area contributed by atoms with Crippen LogP contribution in [0.15, 0.2) is 54.7 Å². The quantitative estimate of drug-likeness (QED) is 0.634. The van der Waals surface area contributed by atoms with Crippen LogP contribution in [0.3, 0.4) is 0 Å². The van der Waals surface area contributed by atoms with Crippen molar-refractivity contribution >= 4 is 5.97 Å². The predicted octanol–water partition coefficient (Wildman–Crippen LogP) is 2.98. The van der Waals surface area contributed by atoms with Gasteiger partial charge in [-0.05, 0) is 26.8 Å². The minimum atomic E-state index is -0.489. The second-order valence-electron chi connectivity index (χ2n) is 5.70. The zero-order valence-corrected chi connectivity index (χ0v) is 12.2. The summed E-state index contributed by atoms with van der Waals surface area (Å²) in [6, 6.07) is 15.6. The Kier molecular flexibility index (Phi) is 4.18. The van der Waals surface area contributed by atoms with Gasteiger partial charge in [0, 0.05) is 17.7 Å². The third-order valence-corrected chi connectivity index (χ3v) is 2.74. The molecular formula is C17H20NO2+. The molecule has 0 fully saturated rings. The molecule has 20 heavy (non-hydrogen) atoms. The first kappa shape index (κ1) is 14.3. The molecule has 0 bridgehead atoms. The van der Waals surface area contributed by atoms with Gasteiger partial charge in [-0.2, -0.15) is 4.57 Å². The van der Waals surface area contributed by atoms with Crippen LogP contribution in [0.2, 0.25) is 0 Å². The minimum absolute atomic E-state index is 0.297. The van der Waals surface area contributed by atoms with Crippen molar-refractivity contribution in [3.05, 3.63) is 66.0 Å². The number of ether oxygens (including phenoxy) is 1. The summed E-state index contributed by atoms with van der Waals surface area (Å²) in [5, 5.41) is 0. The number of carbonyl (C=O) groups excluding carboxylic acids is 1. The van der Waals surface area contributed by atoms with Gasteiger partial charge in [-0.3, -0.25) is 0 Å². The molecule has 2 rings (SSSR count). The molecule has 3 heteroatoms. The summed E-state index contributed by atoms with van der Waals surface area (Å²) < 4.78 is 7.35. The molecular weight excluding hydrogens is 250 g/mol. The van der Waals surface area contributed by atoms with Gasteiger partial charge in [0.25, 0.3) is 5.69 Å². The van der Waals surface area contributed by atoms with E-state index in [4.69, 9.17) is 4.74 Å². The molecule has 0 atom stereocenters. The van der Waals surface area contributed by atoms with E-state index in [0.717, 1.165) is 5.56 Å². The summed E-state index contributed by atoms with van der Waals surface area (Å²) in [6.45, 7) is 6.26. The number of rotatable bonds is 3. The van der Waals surface area contributed by atoms with Crippen LogP contribution in [0.25, 0.3) is 0 Å². The fraction of sp³-hybridized carbons (Fsp3) is 0.294. The number of hydrogen-bond donors (Lipinski definition) is 0. The van der Waals surface area contributed by atoms with Gasteiger partial charge in [0.15, 0.2) is 12.7 Å². The Labute approximate surface area is 119 Å². The number of aromatic nitrogens is 1. The molecule has 104 valence electrons. The molecule has 3 nitrogen and oxygen atoms in total. The van der Waals surface area contributed by atoms with Crippen LogP contribution < -0.4 is 4.57 Å². The van der Waals surface area contributed by atoms with Gasteiger partial charge in [-0.25, -0.2) is 4.79 Å². The standard InChI is InChI=1S/C17H20NO2/c1-17(2,3)20-16(19)15-11-7-8-12-18(15)13-14-9-5-4-6-10-14/h4-12H,13H2,1-3H3/q+1. The van der Waals surface area contributed by atoms with E-state index in [1.54, 1.807) is 6.07 Å². The fourth-order valence-electron chi connectivity index (χ4n) is 1.91. The van der Waals surface area contributed by atoms with Crippen molar-refractivity contribution < 1.29 is 14.1 Å². The van der Waals surface area contributed by atoms with E-state index in [0.29, 0.717) is 12.2 Å². The average Bonchev–Trinajstić information content (AvgIpc) is 2.38. The molecule has 1 aromatic carbocycles. The first-order valence-corrected chi connectivity index (χ1v) is 6.71. The van der Waals surface area contributed by atoms with E-state index < -0.39 is 5.60 Å². The fourth-order valence-corrected chi connectivity index (χ4v) is 1.91. The Bertz CT molecular complexity index is 585. The largest absolute Gasteiger partial charge is 0.452 e. The molecule has 0 spiro atoms. The number of esters is 1. The Morgan fingerprint density at radius 1 is 1.05 bits per heavy atom. The highest BCUT2D eigenvalue weighted by Crippen LogP contribution is 2.10. The first-order chi connectivity index (χ1) is 9.46. The average molecular weight is 270 g/mol. The summed E-state index contributed by atoms with van der Waals surface area (Å²) in [5.41, 5.74) is 1.22. The first-order valence-electron chi connectivity index (χ1n) is 6.71. The monoisotopic (exact) mass is 270 g/mol. The van der Waals surface area contributed by atoms with Crippen molar-refractivity contribution in [3.63, 3.8) is 0 Å². The normalized spacial score (nSPS) is 11.2. The molecule has 0 aliphatic heterocycles. The lowest BCUT2D eigenvalue weighted by Crippen LogP contribution is -2.42. The smallest absolute Gasteiger partial charge is 0.404 e. The summed E-state index contributed by atoms with van der Waals surface area (Å²) in [6.07, 6.45) is 1.90. The lowest BCUT2D eigenvalue weighted by Gasteiger charge is -2.18. The number of hydrogen-bond acceptors (Lipinski definition) is 2. The topological polar surface area (TPSA) is 30.2 Å². The maximum Gasteiger partial charge on any atom is 0.404 e. The maximum atomic E-state index is 12.2. The van der Waals surface area contributed by atoms with Gasteiger partial charge < -0.3 is 4.74 Å². The van der Waals surface area contributed by atoms with Crippen LogP contribution in [-0.4, -0.2) is 11.6 Å². The summed E-state index contributed by atoms with van der Waals surface area (Å²) in [4.78, 5) is 12.2. The third kappa shape index (κ3) is 3.92. The highest BCUT2D eigenvalue weighted by Gasteiger charge is 2.25. The molecule has 0 amide bonds. The van der Waals surface area contributed by atoms with E-state index in [1.807, 2.05) is 74.0 Å². The van der Waals surface area contributed by atoms with Crippen LogP contribution in [-0.2, 0) is 11.3 Å². The third-order valence-electron chi connectivity index (χ3n) is 2.74. The van der Waals surface area contributed by atoms with Crippen LogP contribution >= 0.6 is 0 Å².